The first-order valence-electron chi connectivity index (χ1n) is 7.24. The maximum atomic E-state index is 5.49. The third-order valence-electron chi connectivity index (χ3n) is 3.95. The lowest BCUT2D eigenvalue weighted by molar-refractivity contribution is 0.0669. The summed E-state index contributed by atoms with van der Waals surface area (Å²) in [5, 5.41) is 7.89. The number of benzene rings is 1. The Morgan fingerprint density at radius 1 is 1.30 bits per heavy atom. The highest BCUT2D eigenvalue weighted by molar-refractivity contribution is 5.51. The van der Waals surface area contributed by atoms with Crippen molar-refractivity contribution in [1.29, 1.82) is 0 Å². The SMILES string of the molecule is COC1CCCC(Nc2cccc(-n3cccn3)c2)C1. The molecule has 106 valence electrons. The molecule has 0 aliphatic heterocycles. The molecule has 2 atom stereocenters. The van der Waals surface area contributed by atoms with E-state index in [-0.39, 0.29) is 0 Å². The molecule has 1 fully saturated rings. The Morgan fingerprint density at radius 2 is 2.25 bits per heavy atom. The monoisotopic (exact) mass is 271 g/mol. The fourth-order valence-electron chi connectivity index (χ4n) is 2.89. The van der Waals surface area contributed by atoms with Gasteiger partial charge in [-0.2, -0.15) is 5.10 Å². The van der Waals surface area contributed by atoms with Gasteiger partial charge < -0.3 is 10.1 Å². The quantitative estimate of drug-likeness (QED) is 0.928. The lowest BCUT2D eigenvalue weighted by Crippen LogP contribution is -2.31. The normalized spacial score (nSPS) is 22.6. The van der Waals surface area contributed by atoms with E-state index in [4.69, 9.17) is 4.74 Å². The molecular weight excluding hydrogens is 250 g/mol. The van der Waals surface area contributed by atoms with Gasteiger partial charge in [-0.15, -0.1) is 0 Å². The second-order valence-electron chi connectivity index (χ2n) is 5.37. The summed E-state index contributed by atoms with van der Waals surface area (Å²) in [4.78, 5) is 0. The highest BCUT2D eigenvalue weighted by Crippen LogP contribution is 2.24. The Kier molecular flexibility index (Phi) is 4.02. The van der Waals surface area contributed by atoms with Crippen molar-refractivity contribution in [3.05, 3.63) is 42.7 Å². The van der Waals surface area contributed by atoms with Gasteiger partial charge in [0.05, 0.1) is 11.8 Å². The number of nitrogens with one attached hydrogen (secondary N) is 1. The standard InChI is InChI=1S/C16H21N3O/c1-20-16-8-3-6-14(12-16)18-13-5-2-7-15(11-13)19-10-4-9-17-19/h2,4-5,7,9-11,14,16,18H,3,6,8,12H2,1H3. The van der Waals surface area contributed by atoms with E-state index in [1.165, 1.54) is 19.3 Å². The van der Waals surface area contributed by atoms with Gasteiger partial charge in [0.2, 0.25) is 0 Å². The zero-order valence-electron chi connectivity index (χ0n) is 11.8. The van der Waals surface area contributed by atoms with Crippen molar-refractivity contribution in [2.75, 3.05) is 12.4 Å². The Hall–Kier alpha value is -1.81. The highest BCUT2D eigenvalue weighted by atomic mass is 16.5. The van der Waals surface area contributed by atoms with Crippen LogP contribution in [0.3, 0.4) is 0 Å². The van der Waals surface area contributed by atoms with Crippen LogP contribution in [0.2, 0.25) is 0 Å². The van der Waals surface area contributed by atoms with Crippen molar-refractivity contribution in [3.8, 4) is 5.69 Å². The molecule has 2 unspecified atom stereocenters. The van der Waals surface area contributed by atoms with Crippen LogP contribution in [0, 0.1) is 0 Å². The number of aromatic nitrogens is 2. The number of nitrogens with zero attached hydrogens (tertiary/aromatic N) is 2. The number of hydrogen-bond acceptors (Lipinski definition) is 3. The van der Waals surface area contributed by atoms with Crippen molar-refractivity contribution in [3.63, 3.8) is 0 Å². The summed E-state index contributed by atoms with van der Waals surface area (Å²) in [5.41, 5.74) is 2.24. The van der Waals surface area contributed by atoms with Crippen LogP contribution in [0.15, 0.2) is 42.7 Å². The Morgan fingerprint density at radius 3 is 3.05 bits per heavy atom. The third kappa shape index (κ3) is 3.02. The molecular formula is C16H21N3O. The van der Waals surface area contributed by atoms with E-state index in [1.54, 1.807) is 6.20 Å². The van der Waals surface area contributed by atoms with Gasteiger partial charge in [0.1, 0.15) is 0 Å². The van der Waals surface area contributed by atoms with E-state index in [9.17, 15) is 0 Å². The molecule has 1 aromatic carbocycles. The van der Waals surface area contributed by atoms with Gasteiger partial charge in [-0.1, -0.05) is 6.07 Å². The average Bonchev–Trinajstić information content (AvgIpc) is 3.02. The maximum absolute atomic E-state index is 5.49. The molecule has 4 heteroatoms. The van der Waals surface area contributed by atoms with Gasteiger partial charge in [0, 0.05) is 31.2 Å². The zero-order valence-corrected chi connectivity index (χ0v) is 11.8. The third-order valence-corrected chi connectivity index (χ3v) is 3.95. The van der Waals surface area contributed by atoms with E-state index in [0.29, 0.717) is 12.1 Å². The first kappa shape index (κ1) is 13.2. The van der Waals surface area contributed by atoms with Gasteiger partial charge in [0.25, 0.3) is 0 Å². The van der Waals surface area contributed by atoms with Crippen molar-refractivity contribution in [2.45, 2.75) is 37.8 Å². The fraction of sp³-hybridized carbons (Fsp3) is 0.438. The van der Waals surface area contributed by atoms with Crippen LogP contribution in [-0.2, 0) is 4.74 Å². The Balaban J connectivity index is 1.70. The van der Waals surface area contributed by atoms with Crippen LogP contribution in [0.1, 0.15) is 25.7 Å². The topological polar surface area (TPSA) is 39.1 Å². The average molecular weight is 271 g/mol. The molecule has 1 aliphatic rings. The summed E-state index contributed by atoms with van der Waals surface area (Å²) in [6, 6.07) is 10.8. The molecule has 0 spiro atoms. The molecule has 1 heterocycles. The van der Waals surface area contributed by atoms with Crippen LogP contribution < -0.4 is 5.32 Å². The van der Waals surface area contributed by atoms with E-state index in [1.807, 2.05) is 24.1 Å². The molecule has 2 aromatic rings. The van der Waals surface area contributed by atoms with Crippen molar-refractivity contribution in [1.82, 2.24) is 9.78 Å². The van der Waals surface area contributed by atoms with E-state index >= 15 is 0 Å². The molecule has 1 N–H and O–H groups in total. The molecule has 0 radical (unpaired) electrons. The number of rotatable bonds is 4. The van der Waals surface area contributed by atoms with Gasteiger partial charge in [0.15, 0.2) is 0 Å². The number of anilines is 1. The van der Waals surface area contributed by atoms with Crippen LogP contribution in [0.5, 0.6) is 0 Å². The summed E-state index contributed by atoms with van der Waals surface area (Å²) in [6.07, 6.45) is 8.87. The zero-order chi connectivity index (χ0) is 13.8. The Bertz CT molecular complexity index is 538. The fourth-order valence-corrected chi connectivity index (χ4v) is 2.89. The molecule has 0 saturated heterocycles. The molecule has 20 heavy (non-hydrogen) atoms. The van der Waals surface area contributed by atoms with Crippen molar-refractivity contribution >= 4 is 5.69 Å². The van der Waals surface area contributed by atoms with Crippen molar-refractivity contribution in [2.24, 2.45) is 0 Å². The number of ether oxygens (including phenoxy) is 1. The smallest absolute Gasteiger partial charge is 0.0666 e. The predicted octanol–water partition coefficient (Wildman–Crippen LogP) is 3.24. The summed E-state index contributed by atoms with van der Waals surface area (Å²) in [5.74, 6) is 0. The highest BCUT2D eigenvalue weighted by Gasteiger charge is 2.21. The second-order valence-corrected chi connectivity index (χ2v) is 5.37. The molecule has 1 aromatic heterocycles. The van der Waals surface area contributed by atoms with Crippen LogP contribution in [0.4, 0.5) is 5.69 Å². The largest absolute Gasteiger partial charge is 0.382 e. The molecule has 1 saturated carbocycles. The first-order valence-corrected chi connectivity index (χ1v) is 7.24. The lowest BCUT2D eigenvalue weighted by Gasteiger charge is -2.29. The Labute approximate surface area is 119 Å². The summed E-state index contributed by atoms with van der Waals surface area (Å²) in [6.45, 7) is 0. The summed E-state index contributed by atoms with van der Waals surface area (Å²) >= 11 is 0. The van der Waals surface area contributed by atoms with E-state index < -0.39 is 0 Å². The van der Waals surface area contributed by atoms with Gasteiger partial charge >= 0.3 is 0 Å². The van der Waals surface area contributed by atoms with Crippen molar-refractivity contribution < 1.29 is 4.74 Å². The molecule has 1 aliphatic carbocycles. The number of methoxy groups -OCH3 is 1. The second kappa shape index (κ2) is 6.09. The van der Waals surface area contributed by atoms with Gasteiger partial charge in [-0.3, -0.25) is 0 Å². The number of hydrogen-bond donors (Lipinski definition) is 1. The van der Waals surface area contributed by atoms with Crippen LogP contribution in [0.25, 0.3) is 5.69 Å². The van der Waals surface area contributed by atoms with E-state index in [0.717, 1.165) is 17.8 Å². The molecule has 3 rings (SSSR count). The summed E-state index contributed by atoms with van der Waals surface area (Å²) in [7, 11) is 1.81. The predicted molar refractivity (Wildman–Crippen MR) is 80.2 cm³/mol. The molecule has 0 bridgehead atoms. The molecule has 4 nitrogen and oxygen atoms in total. The minimum Gasteiger partial charge on any atom is -0.382 e. The summed E-state index contributed by atoms with van der Waals surface area (Å²) < 4.78 is 7.37. The molecule has 0 amide bonds. The lowest BCUT2D eigenvalue weighted by atomic mass is 9.92. The maximum Gasteiger partial charge on any atom is 0.0666 e. The van der Waals surface area contributed by atoms with E-state index in [2.05, 4.69) is 34.7 Å². The van der Waals surface area contributed by atoms with Crippen LogP contribution in [-0.4, -0.2) is 29.0 Å². The van der Waals surface area contributed by atoms with Crippen LogP contribution >= 0.6 is 0 Å². The van der Waals surface area contributed by atoms with Gasteiger partial charge in [-0.05, 0) is 49.9 Å². The minimum atomic E-state index is 0.399. The first-order chi connectivity index (χ1) is 9.85. The minimum absolute atomic E-state index is 0.399. The van der Waals surface area contributed by atoms with Gasteiger partial charge in [-0.25, -0.2) is 4.68 Å².